The van der Waals surface area contributed by atoms with Gasteiger partial charge in [0.15, 0.2) is 6.10 Å². The summed E-state index contributed by atoms with van der Waals surface area (Å²) >= 11 is 0. The van der Waals surface area contributed by atoms with Crippen LogP contribution in [0.1, 0.15) is 123 Å². The number of rotatable bonds is 20. The van der Waals surface area contributed by atoms with Gasteiger partial charge in [-0.25, -0.2) is 0 Å². The van der Waals surface area contributed by atoms with Gasteiger partial charge < -0.3 is 14.2 Å². The molecule has 190 valence electrons. The Morgan fingerprint density at radius 1 is 0.727 bits per heavy atom. The van der Waals surface area contributed by atoms with E-state index < -0.39 is 11.8 Å². The Kier molecular flexibility index (Phi) is 14.3. The number of unbranched alkanes of at least 4 members (excludes halogenated alkanes) is 14. The average Bonchev–Trinajstić information content (AvgIpc) is 3.59. The first-order valence-electron chi connectivity index (χ1n) is 13.9. The van der Waals surface area contributed by atoms with Crippen LogP contribution < -0.4 is 0 Å². The molecule has 0 aromatic rings. The molecule has 0 N–H and O–H groups in total. The van der Waals surface area contributed by atoms with E-state index in [9.17, 15) is 9.59 Å². The van der Waals surface area contributed by atoms with Gasteiger partial charge in [0, 0.05) is 6.42 Å². The van der Waals surface area contributed by atoms with Crippen LogP contribution in [-0.4, -0.2) is 31.3 Å². The predicted molar refractivity (Wildman–Crippen MR) is 132 cm³/mol. The van der Waals surface area contributed by atoms with Crippen molar-refractivity contribution >= 4 is 11.9 Å². The van der Waals surface area contributed by atoms with Crippen molar-refractivity contribution < 1.29 is 23.8 Å². The molecule has 1 fully saturated rings. The van der Waals surface area contributed by atoms with Crippen LogP contribution >= 0.6 is 0 Å². The van der Waals surface area contributed by atoms with Crippen LogP contribution in [0.3, 0.4) is 0 Å². The lowest BCUT2D eigenvalue weighted by Gasteiger charge is -2.22. The number of fused-ring (bicyclic) bond motifs is 1. The van der Waals surface area contributed by atoms with Crippen molar-refractivity contribution in [2.75, 3.05) is 13.2 Å². The quantitative estimate of drug-likeness (QED) is 0.108. The average molecular weight is 465 g/mol. The van der Waals surface area contributed by atoms with Crippen LogP contribution in [0.2, 0.25) is 0 Å². The predicted octanol–water partition coefficient (Wildman–Crippen LogP) is 7.27. The maximum Gasteiger partial charge on any atom is 0.313 e. The Morgan fingerprint density at radius 2 is 1.18 bits per heavy atom. The van der Waals surface area contributed by atoms with Crippen molar-refractivity contribution in [3.05, 3.63) is 11.8 Å². The molecular formula is C28H48O5. The Morgan fingerprint density at radius 3 is 1.70 bits per heavy atom. The number of hydrogen-bond donors (Lipinski definition) is 0. The topological polar surface area (TPSA) is 65.1 Å². The summed E-state index contributed by atoms with van der Waals surface area (Å²) in [5.41, 5.74) is 0. The minimum absolute atomic E-state index is 0.0116. The second-order valence-corrected chi connectivity index (χ2v) is 9.83. The number of esters is 2. The number of carbonyl (C=O) groups is 2. The van der Waals surface area contributed by atoms with Crippen LogP contribution in [0, 0.1) is 11.8 Å². The van der Waals surface area contributed by atoms with Crippen molar-refractivity contribution in [2.45, 2.75) is 129 Å². The van der Waals surface area contributed by atoms with E-state index in [0.29, 0.717) is 19.6 Å². The van der Waals surface area contributed by atoms with Gasteiger partial charge in [0.1, 0.15) is 5.76 Å². The standard InChI is InChI=1S/C28H48O5/c1-3-5-7-9-11-13-15-17-19-31-27(29)23-21-25-26(33-25)22-24(23)28(30)32-20-18-16-14-12-10-8-6-4-2/h21,23-24,26H,3-20,22H2,1-2H3. The molecule has 0 aromatic heterocycles. The van der Waals surface area contributed by atoms with E-state index in [0.717, 1.165) is 31.4 Å². The van der Waals surface area contributed by atoms with Gasteiger partial charge in [-0.2, -0.15) is 0 Å². The molecule has 1 aliphatic heterocycles. The van der Waals surface area contributed by atoms with Crippen molar-refractivity contribution in [3.63, 3.8) is 0 Å². The number of epoxide rings is 1. The third kappa shape index (κ3) is 11.4. The maximum atomic E-state index is 12.7. The second-order valence-electron chi connectivity index (χ2n) is 9.83. The SMILES string of the molecule is CCCCCCCCCCOC(=O)C1C=C2OC2CC1C(=O)OCCCCCCCCCC. The summed E-state index contributed by atoms with van der Waals surface area (Å²) in [6.07, 6.45) is 21.6. The Bertz CT molecular complexity index is 585. The summed E-state index contributed by atoms with van der Waals surface area (Å²) in [4.78, 5) is 25.4. The highest BCUT2D eigenvalue weighted by atomic mass is 16.6. The fraction of sp³-hybridized carbons (Fsp3) is 0.857. The molecule has 3 unspecified atom stereocenters. The van der Waals surface area contributed by atoms with E-state index >= 15 is 0 Å². The first kappa shape index (κ1) is 27.7. The molecule has 0 amide bonds. The zero-order chi connectivity index (χ0) is 23.7. The van der Waals surface area contributed by atoms with Gasteiger partial charge in [-0.1, -0.05) is 104 Å². The van der Waals surface area contributed by atoms with Crippen LogP contribution in [0.5, 0.6) is 0 Å². The third-order valence-electron chi connectivity index (χ3n) is 6.84. The summed E-state index contributed by atoms with van der Waals surface area (Å²) in [6.45, 7) is 5.33. The minimum atomic E-state index is -0.571. The summed E-state index contributed by atoms with van der Waals surface area (Å²) in [5.74, 6) is -0.817. The first-order valence-corrected chi connectivity index (χ1v) is 13.9. The molecule has 1 aliphatic carbocycles. The molecule has 5 nitrogen and oxygen atoms in total. The highest BCUT2D eigenvalue weighted by Crippen LogP contribution is 2.42. The molecule has 2 rings (SSSR count). The molecule has 3 atom stereocenters. The second kappa shape index (κ2) is 17.0. The summed E-state index contributed by atoms with van der Waals surface area (Å²) < 4.78 is 16.5. The lowest BCUT2D eigenvalue weighted by Crippen LogP contribution is -2.34. The summed E-state index contributed by atoms with van der Waals surface area (Å²) in [7, 11) is 0. The Balaban J connectivity index is 1.59. The van der Waals surface area contributed by atoms with Gasteiger partial charge in [0.05, 0.1) is 25.0 Å². The van der Waals surface area contributed by atoms with Crippen molar-refractivity contribution in [3.8, 4) is 0 Å². The molecule has 1 heterocycles. The Labute approximate surface area is 202 Å². The lowest BCUT2D eigenvalue weighted by molar-refractivity contribution is -0.159. The lowest BCUT2D eigenvalue weighted by atomic mass is 9.84. The van der Waals surface area contributed by atoms with E-state index in [-0.39, 0.29) is 18.0 Å². The summed E-state index contributed by atoms with van der Waals surface area (Å²) in [5, 5.41) is 0. The zero-order valence-corrected chi connectivity index (χ0v) is 21.3. The fourth-order valence-corrected chi connectivity index (χ4v) is 4.61. The smallest absolute Gasteiger partial charge is 0.313 e. The number of carbonyl (C=O) groups excluding carboxylic acids is 2. The summed E-state index contributed by atoms with van der Waals surface area (Å²) in [6, 6.07) is 0. The van der Waals surface area contributed by atoms with Crippen molar-refractivity contribution in [1.29, 1.82) is 0 Å². The van der Waals surface area contributed by atoms with Gasteiger partial charge in [0.2, 0.25) is 0 Å². The van der Waals surface area contributed by atoms with Gasteiger partial charge in [-0.3, -0.25) is 9.59 Å². The third-order valence-corrected chi connectivity index (χ3v) is 6.84. The molecule has 1 saturated heterocycles. The van der Waals surface area contributed by atoms with Gasteiger partial charge >= 0.3 is 11.9 Å². The van der Waals surface area contributed by atoms with Crippen LogP contribution in [-0.2, 0) is 23.8 Å². The monoisotopic (exact) mass is 464 g/mol. The molecule has 0 aromatic carbocycles. The molecule has 2 aliphatic rings. The first-order chi connectivity index (χ1) is 16.2. The molecular weight excluding hydrogens is 416 g/mol. The van der Waals surface area contributed by atoms with Crippen LogP contribution in [0.4, 0.5) is 0 Å². The highest BCUT2D eigenvalue weighted by molar-refractivity contribution is 5.84. The molecule has 5 heteroatoms. The molecule has 0 bridgehead atoms. The Hall–Kier alpha value is -1.52. The van der Waals surface area contributed by atoms with Crippen LogP contribution in [0.25, 0.3) is 0 Å². The van der Waals surface area contributed by atoms with Gasteiger partial charge in [-0.05, 0) is 18.9 Å². The van der Waals surface area contributed by atoms with Crippen LogP contribution in [0.15, 0.2) is 11.8 Å². The molecule has 0 spiro atoms. The fourth-order valence-electron chi connectivity index (χ4n) is 4.61. The van der Waals surface area contributed by atoms with Gasteiger partial charge in [0.25, 0.3) is 0 Å². The molecule has 33 heavy (non-hydrogen) atoms. The van der Waals surface area contributed by atoms with E-state index in [4.69, 9.17) is 14.2 Å². The van der Waals surface area contributed by atoms with Crippen molar-refractivity contribution in [1.82, 2.24) is 0 Å². The number of hydrogen-bond acceptors (Lipinski definition) is 5. The van der Waals surface area contributed by atoms with E-state index in [2.05, 4.69) is 13.8 Å². The van der Waals surface area contributed by atoms with E-state index in [1.165, 1.54) is 77.0 Å². The normalized spacial score (nSPS) is 21.0. The van der Waals surface area contributed by atoms with E-state index in [1.54, 1.807) is 6.08 Å². The van der Waals surface area contributed by atoms with Crippen molar-refractivity contribution in [2.24, 2.45) is 11.8 Å². The van der Waals surface area contributed by atoms with E-state index in [1.807, 2.05) is 0 Å². The zero-order valence-electron chi connectivity index (χ0n) is 21.3. The minimum Gasteiger partial charge on any atom is -0.483 e. The molecule has 0 saturated carbocycles. The molecule has 0 radical (unpaired) electrons. The maximum absolute atomic E-state index is 12.7. The van der Waals surface area contributed by atoms with Gasteiger partial charge in [-0.15, -0.1) is 0 Å². The highest BCUT2D eigenvalue weighted by Gasteiger charge is 2.48. The largest absolute Gasteiger partial charge is 0.483 e. The number of ether oxygens (including phenoxy) is 3.